The fourth-order valence-electron chi connectivity index (χ4n) is 2.20. The van der Waals surface area contributed by atoms with Gasteiger partial charge in [-0.15, -0.1) is 11.6 Å². The maximum absolute atomic E-state index is 5.61. The van der Waals surface area contributed by atoms with Crippen LogP contribution in [0.4, 0.5) is 23.5 Å². The molecule has 0 unspecified atom stereocenters. The second kappa shape index (κ2) is 7.92. The van der Waals surface area contributed by atoms with Crippen molar-refractivity contribution in [1.29, 1.82) is 0 Å². The van der Waals surface area contributed by atoms with Gasteiger partial charge in [-0.3, -0.25) is 0 Å². The maximum atomic E-state index is 5.61. The van der Waals surface area contributed by atoms with Crippen LogP contribution in [0.5, 0.6) is 0 Å². The Morgan fingerprint density at radius 2 is 1.18 bits per heavy atom. The normalized spacial score (nSPS) is 10.6. The third-order valence-corrected chi connectivity index (χ3v) is 3.78. The van der Waals surface area contributed by atoms with Gasteiger partial charge >= 0.3 is 0 Å². The molecule has 0 radical (unpaired) electrons. The molecule has 0 saturated heterocycles. The molecule has 28 heavy (non-hydrogen) atoms. The number of nitrogens with two attached hydrogens (primary N) is 4. The summed E-state index contributed by atoms with van der Waals surface area (Å²) < 4.78 is 0. The van der Waals surface area contributed by atoms with E-state index in [4.69, 9.17) is 34.5 Å². The van der Waals surface area contributed by atoms with E-state index in [9.17, 15) is 0 Å². The van der Waals surface area contributed by atoms with Crippen molar-refractivity contribution in [2.24, 2.45) is 0 Å². The molecule has 0 spiro atoms. The monoisotopic (exact) mass is 400 g/mol. The number of rotatable bonds is 2. The average molecular weight is 401 g/mol. The van der Waals surface area contributed by atoms with Crippen molar-refractivity contribution in [3.05, 3.63) is 23.8 Å². The lowest BCUT2D eigenvalue weighted by Gasteiger charge is -2.01. The van der Waals surface area contributed by atoms with Crippen LogP contribution in [-0.2, 0) is 12.3 Å². The molecule has 4 aromatic heterocycles. The van der Waals surface area contributed by atoms with Crippen molar-refractivity contribution in [3.8, 4) is 0 Å². The number of halogens is 1. The minimum absolute atomic E-state index is 0.0797. The van der Waals surface area contributed by atoms with Gasteiger partial charge in [-0.1, -0.05) is 6.92 Å². The van der Waals surface area contributed by atoms with Gasteiger partial charge in [0.05, 0.1) is 23.5 Å². The predicted molar refractivity (Wildman–Crippen MR) is 107 cm³/mol. The van der Waals surface area contributed by atoms with E-state index >= 15 is 0 Å². The molecule has 0 atom stereocenters. The lowest BCUT2D eigenvalue weighted by molar-refractivity contribution is 1.01. The minimum atomic E-state index is 0.0797. The van der Waals surface area contributed by atoms with Crippen molar-refractivity contribution < 1.29 is 0 Å². The van der Waals surface area contributed by atoms with Crippen molar-refractivity contribution in [2.75, 3.05) is 22.9 Å². The highest BCUT2D eigenvalue weighted by molar-refractivity contribution is 6.16. The van der Waals surface area contributed by atoms with Gasteiger partial charge in [0.15, 0.2) is 22.9 Å². The van der Waals surface area contributed by atoms with Gasteiger partial charge in [-0.2, -0.15) is 19.9 Å². The fourth-order valence-corrected chi connectivity index (χ4v) is 2.33. The number of hydrogen-bond acceptors (Lipinski definition) is 12. The second-order valence-electron chi connectivity index (χ2n) is 5.49. The van der Waals surface area contributed by atoms with Gasteiger partial charge in [0, 0.05) is 6.20 Å². The standard InChI is InChI=1S/C8H10N6.C7H7ClN6/c1-2-4-3-11-5-6(9)13-8(10)14-7(5)12-4;8-1-3-2-11-4-5(9)13-7(10)14-6(4)12-3/h3H,2H2,1H3,(H4,9,10,12,13,14);2H,1H2,(H4,9,10,12,13,14). The third-order valence-electron chi connectivity index (χ3n) is 3.50. The van der Waals surface area contributed by atoms with Crippen LogP contribution in [-0.4, -0.2) is 39.9 Å². The number of nitrogen functional groups attached to an aromatic ring is 4. The Morgan fingerprint density at radius 1 is 0.714 bits per heavy atom. The largest absolute Gasteiger partial charge is 0.382 e. The van der Waals surface area contributed by atoms with Crippen LogP contribution >= 0.6 is 11.6 Å². The van der Waals surface area contributed by atoms with Crippen LogP contribution in [0.15, 0.2) is 12.4 Å². The Balaban J connectivity index is 0.000000161. The first-order chi connectivity index (χ1) is 13.4. The first-order valence-electron chi connectivity index (χ1n) is 8.06. The Morgan fingerprint density at radius 3 is 1.64 bits per heavy atom. The van der Waals surface area contributed by atoms with Crippen LogP contribution in [0, 0.1) is 0 Å². The van der Waals surface area contributed by atoms with Crippen LogP contribution in [0.2, 0.25) is 0 Å². The quantitative estimate of drug-likeness (QED) is 0.338. The minimum Gasteiger partial charge on any atom is -0.382 e. The van der Waals surface area contributed by atoms with Crippen molar-refractivity contribution in [2.45, 2.75) is 19.2 Å². The zero-order chi connectivity index (χ0) is 20.3. The predicted octanol–water partition coefficient (Wildman–Crippen LogP) is 0.470. The van der Waals surface area contributed by atoms with Gasteiger partial charge in [-0.05, 0) is 6.42 Å². The molecule has 4 rings (SSSR count). The molecule has 0 aliphatic rings. The summed E-state index contributed by atoms with van der Waals surface area (Å²) in [5, 5.41) is 0. The average Bonchev–Trinajstić information content (AvgIpc) is 2.67. The Bertz CT molecular complexity index is 1060. The highest BCUT2D eigenvalue weighted by Crippen LogP contribution is 2.15. The smallest absolute Gasteiger partial charge is 0.224 e. The summed E-state index contributed by atoms with van der Waals surface area (Å²) in [7, 11) is 0. The van der Waals surface area contributed by atoms with Crippen LogP contribution < -0.4 is 22.9 Å². The lowest BCUT2D eigenvalue weighted by Crippen LogP contribution is -2.04. The van der Waals surface area contributed by atoms with E-state index in [0.717, 1.165) is 12.1 Å². The summed E-state index contributed by atoms with van der Waals surface area (Å²) in [6.07, 6.45) is 4.00. The maximum Gasteiger partial charge on any atom is 0.224 e. The number of hydrogen-bond donors (Lipinski definition) is 4. The number of alkyl halides is 1. The molecule has 4 aromatic rings. The number of anilines is 4. The van der Waals surface area contributed by atoms with E-state index in [-0.39, 0.29) is 29.4 Å². The molecule has 0 aliphatic heterocycles. The van der Waals surface area contributed by atoms with Gasteiger partial charge in [-0.25, -0.2) is 19.9 Å². The summed E-state index contributed by atoms with van der Waals surface area (Å²) in [5.74, 6) is 0.963. The van der Waals surface area contributed by atoms with Crippen LogP contribution in [0.3, 0.4) is 0 Å². The summed E-state index contributed by atoms with van der Waals surface area (Å²) in [6, 6.07) is 0. The first-order valence-corrected chi connectivity index (χ1v) is 8.59. The number of nitrogens with zero attached hydrogens (tertiary/aromatic N) is 8. The van der Waals surface area contributed by atoms with Crippen molar-refractivity contribution in [1.82, 2.24) is 39.9 Å². The number of aromatic nitrogens is 8. The summed E-state index contributed by atoms with van der Waals surface area (Å²) in [5.41, 5.74) is 25.3. The Hall–Kier alpha value is -3.67. The second-order valence-corrected chi connectivity index (χ2v) is 5.76. The highest BCUT2D eigenvalue weighted by atomic mass is 35.5. The SMILES string of the molecule is CCc1cnc2c(N)nc(N)nc2n1.Nc1nc(N)c2ncc(CCl)nc2n1. The Kier molecular flexibility index (Phi) is 5.40. The molecular formula is C15H17ClN12. The van der Waals surface area contributed by atoms with E-state index < -0.39 is 0 Å². The van der Waals surface area contributed by atoms with E-state index in [0.29, 0.717) is 28.0 Å². The third kappa shape index (κ3) is 4.01. The highest BCUT2D eigenvalue weighted by Gasteiger charge is 2.07. The lowest BCUT2D eigenvalue weighted by atomic mass is 10.3. The topological polar surface area (TPSA) is 207 Å². The molecular weight excluding hydrogens is 384 g/mol. The molecule has 12 nitrogen and oxygen atoms in total. The molecule has 0 aromatic carbocycles. The Labute approximate surface area is 163 Å². The van der Waals surface area contributed by atoms with E-state index in [1.54, 1.807) is 6.20 Å². The molecule has 0 bridgehead atoms. The first kappa shape index (κ1) is 19.1. The fraction of sp³-hybridized carbons (Fsp3) is 0.200. The number of fused-ring (bicyclic) bond motifs is 2. The van der Waals surface area contributed by atoms with Crippen molar-refractivity contribution in [3.63, 3.8) is 0 Å². The van der Waals surface area contributed by atoms with E-state index in [1.807, 2.05) is 6.92 Å². The molecule has 0 amide bonds. The van der Waals surface area contributed by atoms with Crippen molar-refractivity contribution >= 4 is 57.5 Å². The van der Waals surface area contributed by atoms with Crippen LogP contribution in [0.1, 0.15) is 18.3 Å². The zero-order valence-electron chi connectivity index (χ0n) is 14.8. The summed E-state index contributed by atoms with van der Waals surface area (Å²) in [6.45, 7) is 1.99. The molecule has 13 heteroatoms. The summed E-state index contributed by atoms with van der Waals surface area (Å²) >= 11 is 5.60. The van der Waals surface area contributed by atoms with E-state index in [2.05, 4.69) is 39.9 Å². The molecule has 4 heterocycles. The molecule has 0 saturated carbocycles. The molecule has 8 N–H and O–H groups in total. The van der Waals surface area contributed by atoms with E-state index in [1.165, 1.54) is 6.20 Å². The molecule has 0 fully saturated rings. The van der Waals surface area contributed by atoms with Crippen LogP contribution in [0.25, 0.3) is 22.3 Å². The van der Waals surface area contributed by atoms with Gasteiger partial charge in [0.25, 0.3) is 0 Å². The van der Waals surface area contributed by atoms with Gasteiger partial charge in [0.2, 0.25) is 11.9 Å². The van der Waals surface area contributed by atoms with Gasteiger partial charge < -0.3 is 22.9 Å². The molecule has 0 aliphatic carbocycles. The number of aryl methyl sites for hydroxylation is 1. The van der Waals surface area contributed by atoms with Gasteiger partial charge in [0.1, 0.15) is 11.0 Å². The zero-order valence-corrected chi connectivity index (χ0v) is 15.6. The summed E-state index contributed by atoms with van der Waals surface area (Å²) in [4.78, 5) is 31.9. The molecule has 144 valence electrons.